The highest BCUT2D eigenvalue weighted by atomic mass is 79.9. The van der Waals surface area contributed by atoms with Crippen molar-refractivity contribution in [3.05, 3.63) is 111 Å². The number of nitrogens with one attached hydrogen (secondary N) is 2. The van der Waals surface area contributed by atoms with Gasteiger partial charge in [0.15, 0.2) is 0 Å². The summed E-state index contributed by atoms with van der Waals surface area (Å²) in [7, 11) is 0. The molecule has 1 aliphatic rings. The van der Waals surface area contributed by atoms with Crippen LogP contribution in [-0.2, 0) is 4.79 Å². The van der Waals surface area contributed by atoms with Gasteiger partial charge in [0, 0.05) is 27.9 Å². The Balaban J connectivity index is 1.78. The molecule has 0 spiro atoms. The average Bonchev–Trinajstić information content (AvgIpc) is 3.25. The minimum absolute atomic E-state index is 0.133. The Labute approximate surface area is 193 Å². The normalized spacial score (nSPS) is 15.5. The molecule has 2 heterocycles. The van der Waals surface area contributed by atoms with E-state index in [1.807, 2.05) is 84.9 Å². The van der Waals surface area contributed by atoms with Crippen molar-refractivity contribution in [2.24, 2.45) is 0 Å². The van der Waals surface area contributed by atoms with Gasteiger partial charge in [-0.3, -0.25) is 15.0 Å². The van der Waals surface area contributed by atoms with Crippen LogP contribution >= 0.6 is 15.9 Å². The van der Waals surface area contributed by atoms with Gasteiger partial charge in [0.1, 0.15) is 0 Å². The Morgan fingerprint density at radius 1 is 0.938 bits per heavy atom. The second-order valence-electron chi connectivity index (χ2n) is 7.70. The maximum absolute atomic E-state index is 13.4. The topological polar surface area (TPSA) is 65.2 Å². The van der Waals surface area contributed by atoms with Gasteiger partial charge < -0.3 is 4.98 Å². The zero-order valence-electron chi connectivity index (χ0n) is 17.3. The van der Waals surface area contributed by atoms with Gasteiger partial charge in [-0.05, 0) is 35.4 Å². The summed E-state index contributed by atoms with van der Waals surface area (Å²) >= 11 is 3.56. The molecule has 5 rings (SSSR count). The van der Waals surface area contributed by atoms with E-state index in [1.54, 1.807) is 5.01 Å². The number of carbonyl (C=O) groups is 1. The van der Waals surface area contributed by atoms with Crippen LogP contribution in [-0.4, -0.2) is 15.9 Å². The maximum atomic E-state index is 13.4. The van der Waals surface area contributed by atoms with Gasteiger partial charge in [0.05, 0.1) is 17.3 Å². The first-order valence-electron chi connectivity index (χ1n) is 10.3. The van der Waals surface area contributed by atoms with Crippen LogP contribution in [0.5, 0.6) is 0 Å². The van der Waals surface area contributed by atoms with Crippen molar-refractivity contribution in [2.75, 3.05) is 0 Å². The van der Waals surface area contributed by atoms with Gasteiger partial charge >= 0.3 is 0 Å². The van der Waals surface area contributed by atoms with E-state index in [2.05, 4.69) is 26.3 Å². The third kappa shape index (κ3) is 3.52. The number of fused-ring (bicyclic) bond motifs is 1. The first-order valence-corrected chi connectivity index (χ1v) is 11.1. The summed E-state index contributed by atoms with van der Waals surface area (Å²) < 4.78 is 0.918. The molecular formula is C26H20BrN3O2. The summed E-state index contributed by atoms with van der Waals surface area (Å²) in [6, 6.07) is 25.1. The molecule has 0 aliphatic carbocycles. The lowest BCUT2D eigenvalue weighted by molar-refractivity contribution is -0.132. The Morgan fingerprint density at radius 2 is 1.62 bits per heavy atom. The third-order valence-corrected chi connectivity index (χ3v) is 6.13. The van der Waals surface area contributed by atoms with Gasteiger partial charge in [0.2, 0.25) is 5.91 Å². The van der Waals surface area contributed by atoms with Crippen molar-refractivity contribution in [1.29, 1.82) is 0 Å². The number of amides is 1. The number of rotatable bonds is 3. The third-order valence-electron chi connectivity index (χ3n) is 5.63. The molecule has 6 heteroatoms. The Hall–Kier alpha value is -3.64. The van der Waals surface area contributed by atoms with Crippen molar-refractivity contribution in [3.63, 3.8) is 0 Å². The fourth-order valence-corrected chi connectivity index (χ4v) is 4.57. The number of hydrogen-bond acceptors (Lipinski definition) is 3. The van der Waals surface area contributed by atoms with Crippen LogP contribution in [0.15, 0.2) is 94.2 Å². The second kappa shape index (κ2) is 8.13. The van der Waals surface area contributed by atoms with Gasteiger partial charge in [0.25, 0.3) is 5.56 Å². The lowest BCUT2D eigenvalue weighted by Crippen LogP contribution is -2.38. The average molecular weight is 486 g/mol. The molecular weight excluding hydrogens is 466 g/mol. The summed E-state index contributed by atoms with van der Waals surface area (Å²) in [5.41, 5.74) is 7.56. The quantitative estimate of drug-likeness (QED) is 0.407. The van der Waals surface area contributed by atoms with E-state index in [-0.39, 0.29) is 17.5 Å². The molecule has 0 radical (unpaired) electrons. The lowest BCUT2D eigenvalue weighted by Gasteiger charge is -2.24. The SMILES string of the molecule is CC(=O)N1NC(c2c(-c3ccccc3)c3cc(Br)ccc3[nH]c2=O)=C[C@H]1c1ccccc1. The lowest BCUT2D eigenvalue weighted by atomic mass is 9.94. The number of pyridine rings is 1. The first-order chi connectivity index (χ1) is 15.5. The van der Waals surface area contributed by atoms with Crippen molar-refractivity contribution in [1.82, 2.24) is 15.4 Å². The van der Waals surface area contributed by atoms with E-state index >= 15 is 0 Å². The highest BCUT2D eigenvalue weighted by Crippen LogP contribution is 2.37. The first kappa shape index (κ1) is 20.3. The number of nitrogens with zero attached hydrogens (tertiary/aromatic N) is 1. The van der Waals surface area contributed by atoms with Crippen LogP contribution in [0.3, 0.4) is 0 Å². The maximum Gasteiger partial charge on any atom is 0.258 e. The van der Waals surface area contributed by atoms with E-state index in [0.717, 1.165) is 32.1 Å². The predicted molar refractivity (Wildman–Crippen MR) is 131 cm³/mol. The summed E-state index contributed by atoms with van der Waals surface area (Å²) in [6.07, 6.45) is 1.94. The molecule has 0 fully saturated rings. The summed E-state index contributed by atoms with van der Waals surface area (Å²) in [6.45, 7) is 1.51. The predicted octanol–water partition coefficient (Wildman–Crippen LogP) is 5.41. The van der Waals surface area contributed by atoms with Crippen LogP contribution in [0.25, 0.3) is 27.7 Å². The number of hydrogen-bond donors (Lipinski definition) is 2. The smallest absolute Gasteiger partial charge is 0.258 e. The summed E-state index contributed by atoms with van der Waals surface area (Å²) in [5.74, 6) is -0.133. The summed E-state index contributed by atoms with van der Waals surface area (Å²) in [4.78, 5) is 28.8. The molecule has 0 unspecified atom stereocenters. The van der Waals surface area contributed by atoms with Crippen molar-refractivity contribution in [2.45, 2.75) is 13.0 Å². The number of hydrazine groups is 1. The number of benzene rings is 3. The van der Waals surface area contributed by atoms with E-state index in [4.69, 9.17) is 0 Å². The van der Waals surface area contributed by atoms with E-state index < -0.39 is 0 Å². The van der Waals surface area contributed by atoms with Crippen LogP contribution in [0.1, 0.15) is 24.1 Å². The van der Waals surface area contributed by atoms with Crippen LogP contribution in [0, 0.1) is 0 Å². The van der Waals surface area contributed by atoms with Crippen molar-refractivity contribution >= 4 is 38.4 Å². The molecule has 32 heavy (non-hydrogen) atoms. The molecule has 1 amide bonds. The minimum atomic E-state index is -0.315. The van der Waals surface area contributed by atoms with Crippen molar-refractivity contribution in [3.8, 4) is 11.1 Å². The second-order valence-corrected chi connectivity index (χ2v) is 8.61. The molecule has 1 atom stereocenters. The molecule has 5 nitrogen and oxygen atoms in total. The molecule has 158 valence electrons. The molecule has 4 aromatic rings. The molecule has 0 bridgehead atoms. The molecule has 3 aromatic carbocycles. The monoisotopic (exact) mass is 485 g/mol. The van der Waals surface area contributed by atoms with Gasteiger partial charge in [-0.15, -0.1) is 0 Å². The minimum Gasteiger partial charge on any atom is -0.321 e. The molecule has 2 N–H and O–H groups in total. The summed E-state index contributed by atoms with van der Waals surface area (Å²) in [5, 5.41) is 2.48. The molecule has 0 saturated carbocycles. The van der Waals surface area contributed by atoms with Gasteiger partial charge in [-0.1, -0.05) is 76.6 Å². The van der Waals surface area contributed by atoms with Gasteiger partial charge in [-0.2, -0.15) is 0 Å². The highest BCUT2D eigenvalue weighted by Gasteiger charge is 2.31. The zero-order valence-corrected chi connectivity index (χ0v) is 18.9. The largest absolute Gasteiger partial charge is 0.321 e. The molecule has 0 saturated heterocycles. The number of carbonyl (C=O) groups excluding carboxylic acids is 1. The number of halogens is 1. The molecule has 1 aromatic heterocycles. The zero-order chi connectivity index (χ0) is 22.2. The van der Waals surface area contributed by atoms with Crippen molar-refractivity contribution < 1.29 is 4.79 Å². The van der Waals surface area contributed by atoms with Gasteiger partial charge in [-0.25, -0.2) is 5.01 Å². The molecule has 1 aliphatic heterocycles. The number of aromatic nitrogens is 1. The van der Waals surface area contributed by atoms with E-state index in [0.29, 0.717) is 11.3 Å². The number of H-pyrrole nitrogens is 1. The number of aromatic amines is 1. The van der Waals surface area contributed by atoms with Crippen LogP contribution < -0.4 is 11.0 Å². The Kier molecular flexibility index (Phi) is 5.15. The fraction of sp³-hybridized carbons (Fsp3) is 0.0769. The highest BCUT2D eigenvalue weighted by molar-refractivity contribution is 9.10. The van der Waals surface area contributed by atoms with E-state index in [9.17, 15) is 9.59 Å². The standard InChI is InChI=1S/C26H20BrN3O2/c1-16(31)30-23(17-8-4-2-5-9-17)15-22(29-30)25-24(18-10-6-3-7-11-18)20-14-19(27)12-13-21(20)28-26(25)32/h2-15,23,29H,1H3,(H,28,32)/t23-/m0/s1. The Morgan fingerprint density at radius 3 is 2.31 bits per heavy atom. The van der Waals surface area contributed by atoms with Crippen LogP contribution in [0.2, 0.25) is 0 Å². The van der Waals surface area contributed by atoms with E-state index in [1.165, 1.54) is 6.92 Å². The van der Waals surface area contributed by atoms with Crippen LogP contribution in [0.4, 0.5) is 0 Å². The Bertz CT molecular complexity index is 1410. The fourth-order valence-electron chi connectivity index (χ4n) is 4.21.